The number of benzene rings is 3. The third-order valence-electron chi connectivity index (χ3n) is 3.80. The number of fused-ring (bicyclic) bond motifs is 3. The molecule has 3 heteroatoms. The second kappa shape index (κ2) is 4.81. The van der Waals surface area contributed by atoms with Crippen LogP contribution < -0.4 is 5.43 Å². The average Bonchev–Trinajstić information content (AvgIpc) is 2.55. The summed E-state index contributed by atoms with van der Waals surface area (Å²) < 4.78 is 19.0. The fourth-order valence-electron chi connectivity index (χ4n) is 2.75. The van der Waals surface area contributed by atoms with Gasteiger partial charge in [-0.2, -0.15) is 0 Å². The summed E-state index contributed by atoms with van der Waals surface area (Å²) >= 11 is 0. The molecule has 0 aliphatic rings. The Morgan fingerprint density at radius 3 is 2.64 bits per heavy atom. The first-order chi connectivity index (χ1) is 10.7. The molecule has 0 atom stereocenters. The van der Waals surface area contributed by atoms with Crippen molar-refractivity contribution >= 4 is 21.7 Å². The van der Waals surface area contributed by atoms with Crippen LogP contribution in [0, 0.1) is 5.82 Å². The molecule has 1 aromatic heterocycles. The van der Waals surface area contributed by atoms with Crippen molar-refractivity contribution in [1.82, 2.24) is 0 Å². The monoisotopic (exact) mass is 290 g/mol. The molecule has 2 nitrogen and oxygen atoms in total. The Bertz CT molecular complexity index is 1060. The lowest BCUT2D eigenvalue weighted by Gasteiger charge is -2.05. The molecule has 0 N–H and O–H groups in total. The Labute approximate surface area is 125 Å². The van der Waals surface area contributed by atoms with Crippen LogP contribution in [-0.2, 0) is 0 Å². The Morgan fingerprint density at radius 2 is 1.77 bits per heavy atom. The first-order valence-electron chi connectivity index (χ1n) is 6.93. The smallest absolute Gasteiger partial charge is 0.201 e. The third kappa shape index (κ3) is 1.91. The maximum Gasteiger partial charge on any atom is 0.201 e. The molecule has 0 spiro atoms. The second-order valence-electron chi connectivity index (χ2n) is 5.15. The Balaban J connectivity index is 2.13. The Morgan fingerprint density at radius 1 is 0.909 bits per heavy atom. The summed E-state index contributed by atoms with van der Waals surface area (Å²) in [4.78, 5) is 12.9. The molecule has 106 valence electrons. The van der Waals surface area contributed by atoms with Gasteiger partial charge in [-0.1, -0.05) is 42.5 Å². The molecular formula is C19H11FO2. The van der Waals surface area contributed by atoms with E-state index in [0.717, 1.165) is 10.8 Å². The van der Waals surface area contributed by atoms with Crippen LogP contribution in [0.2, 0.25) is 0 Å². The van der Waals surface area contributed by atoms with Gasteiger partial charge in [0.05, 0.1) is 10.9 Å². The van der Waals surface area contributed by atoms with Crippen LogP contribution in [0.3, 0.4) is 0 Å². The molecule has 0 bridgehead atoms. The maximum absolute atomic E-state index is 13.4. The summed E-state index contributed by atoms with van der Waals surface area (Å²) in [5, 5.41) is 2.34. The van der Waals surface area contributed by atoms with Crippen LogP contribution in [0.15, 0.2) is 76.1 Å². The van der Waals surface area contributed by atoms with Crippen molar-refractivity contribution in [3.8, 4) is 11.1 Å². The van der Waals surface area contributed by atoms with Crippen molar-refractivity contribution < 1.29 is 8.81 Å². The maximum atomic E-state index is 13.4. The quantitative estimate of drug-likeness (QED) is 0.473. The standard InChI is InChI=1S/C19H11FO2/c20-14-6-3-5-13(10-14)16-11-22-17-9-8-12-4-1-2-7-15(12)18(17)19(16)21/h1-11H. The van der Waals surface area contributed by atoms with Gasteiger partial charge in [0, 0.05) is 0 Å². The van der Waals surface area contributed by atoms with Crippen molar-refractivity contribution in [3.05, 3.63) is 83.0 Å². The summed E-state index contributed by atoms with van der Waals surface area (Å²) in [5.74, 6) is -0.380. The van der Waals surface area contributed by atoms with Gasteiger partial charge < -0.3 is 4.42 Å². The van der Waals surface area contributed by atoms with Gasteiger partial charge in [-0.15, -0.1) is 0 Å². The highest BCUT2D eigenvalue weighted by atomic mass is 19.1. The van der Waals surface area contributed by atoms with Crippen molar-refractivity contribution in [2.75, 3.05) is 0 Å². The molecule has 0 unspecified atom stereocenters. The lowest BCUT2D eigenvalue weighted by atomic mass is 10.0. The molecule has 3 aromatic carbocycles. The summed E-state index contributed by atoms with van der Waals surface area (Å²) in [6.45, 7) is 0. The molecular weight excluding hydrogens is 279 g/mol. The summed E-state index contributed by atoms with van der Waals surface area (Å²) in [6, 6.07) is 17.3. The van der Waals surface area contributed by atoms with E-state index >= 15 is 0 Å². The number of rotatable bonds is 1. The van der Waals surface area contributed by atoms with Crippen LogP contribution in [0.4, 0.5) is 4.39 Å². The van der Waals surface area contributed by atoms with E-state index in [9.17, 15) is 9.18 Å². The fourth-order valence-corrected chi connectivity index (χ4v) is 2.75. The minimum atomic E-state index is -0.380. The van der Waals surface area contributed by atoms with Crippen LogP contribution in [0.25, 0.3) is 32.9 Å². The lowest BCUT2D eigenvalue weighted by Crippen LogP contribution is -2.05. The Kier molecular flexibility index (Phi) is 2.79. The van der Waals surface area contributed by atoms with Gasteiger partial charge in [-0.3, -0.25) is 4.79 Å². The largest absolute Gasteiger partial charge is 0.463 e. The topological polar surface area (TPSA) is 30.2 Å². The zero-order chi connectivity index (χ0) is 15.1. The van der Waals surface area contributed by atoms with Crippen molar-refractivity contribution in [3.63, 3.8) is 0 Å². The van der Waals surface area contributed by atoms with Gasteiger partial charge in [0.2, 0.25) is 5.43 Å². The number of hydrogen-bond acceptors (Lipinski definition) is 2. The highest BCUT2D eigenvalue weighted by Crippen LogP contribution is 2.26. The summed E-state index contributed by atoms with van der Waals surface area (Å²) in [6.07, 6.45) is 1.40. The van der Waals surface area contributed by atoms with E-state index in [1.807, 2.05) is 30.3 Å². The van der Waals surface area contributed by atoms with E-state index < -0.39 is 0 Å². The molecule has 0 aliphatic heterocycles. The summed E-state index contributed by atoms with van der Waals surface area (Å²) in [5.41, 5.74) is 1.26. The Hall–Kier alpha value is -2.94. The van der Waals surface area contributed by atoms with Crippen molar-refractivity contribution in [2.24, 2.45) is 0 Å². The predicted molar refractivity (Wildman–Crippen MR) is 85.4 cm³/mol. The van der Waals surface area contributed by atoms with Gasteiger partial charge in [-0.25, -0.2) is 4.39 Å². The zero-order valence-corrected chi connectivity index (χ0v) is 11.5. The molecule has 0 radical (unpaired) electrons. The van der Waals surface area contributed by atoms with Gasteiger partial charge in [-0.05, 0) is 34.5 Å². The van der Waals surface area contributed by atoms with E-state index in [1.165, 1.54) is 18.4 Å². The SMILES string of the molecule is O=c1c(-c2cccc(F)c2)coc2ccc3ccccc3c12. The van der Waals surface area contributed by atoms with Crippen LogP contribution in [-0.4, -0.2) is 0 Å². The molecule has 0 amide bonds. The van der Waals surface area contributed by atoms with Crippen LogP contribution in [0.5, 0.6) is 0 Å². The molecule has 1 heterocycles. The van der Waals surface area contributed by atoms with Crippen molar-refractivity contribution in [2.45, 2.75) is 0 Å². The van der Waals surface area contributed by atoms with E-state index in [2.05, 4.69) is 0 Å². The fraction of sp³-hybridized carbons (Fsp3) is 0. The molecule has 22 heavy (non-hydrogen) atoms. The molecule has 4 rings (SSSR count). The van der Waals surface area contributed by atoms with Gasteiger partial charge in [0.15, 0.2) is 0 Å². The van der Waals surface area contributed by atoms with Crippen LogP contribution in [0.1, 0.15) is 0 Å². The van der Waals surface area contributed by atoms with E-state index in [4.69, 9.17) is 4.42 Å². The third-order valence-corrected chi connectivity index (χ3v) is 3.80. The lowest BCUT2D eigenvalue weighted by molar-refractivity contribution is 0.604. The highest BCUT2D eigenvalue weighted by Gasteiger charge is 2.12. The first-order valence-corrected chi connectivity index (χ1v) is 6.93. The number of halogens is 1. The molecule has 4 aromatic rings. The molecule has 0 fully saturated rings. The molecule has 0 saturated carbocycles. The highest BCUT2D eigenvalue weighted by molar-refractivity contribution is 6.06. The van der Waals surface area contributed by atoms with Gasteiger partial charge in [0.1, 0.15) is 17.7 Å². The minimum absolute atomic E-state index is 0.149. The van der Waals surface area contributed by atoms with Gasteiger partial charge >= 0.3 is 0 Å². The second-order valence-corrected chi connectivity index (χ2v) is 5.15. The zero-order valence-electron chi connectivity index (χ0n) is 11.5. The van der Waals surface area contributed by atoms with E-state index in [0.29, 0.717) is 22.1 Å². The molecule has 0 saturated heterocycles. The average molecular weight is 290 g/mol. The summed E-state index contributed by atoms with van der Waals surface area (Å²) in [7, 11) is 0. The molecule has 0 aliphatic carbocycles. The van der Waals surface area contributed by atoms with E-state index in [-0.39, 0.29) is 11.2 Å². The van der Waals surface area contributed by atoms with Crippen molar-refractivity contribution in [1.29, 1.82) is 0 Å². The van der Waals surface area contributed by atoms with Gasteiger partial charge in [0.25, 0.3) is 0 Å². The van der Waals surface area contributed by atoms with E-state index in [1.54, 1.807) is 18.2 Å². The first kappa shape index (κ1) is 12.8. The minimum Gasteiger partial charge on any atom is -0.463 e. The van der Waals surface area contributed by atoms with Crippen LogP contribution >= 0.6 is 0 Å². The number of hydrogen-bond donors (Lipinski definition) is 0. The predicted octanol–water partition coefficient (Wildman–Crippen LogP) is 4.75. The normalized spacial score (nSPS) is 11.1.